The third kappa shape index (κ3) is 3.31. The minimum absolute atomic E-state index is 0.236. The molecule has 0 aliphatic rings. The lowest BCUT2D eigenvalue weighted by molar-refractivity contribution is 0.0998. The fraction of sp³-hybridized carbons (Fsp3) is 0.0833. The second-order valence-corrected chi connectivity index (χ2v) is 8.04. The number of carbonyl (C=O) groups excluding carboxylic acids is 1. The van der Waals surface area contributed by atoms with E-state index in [9.17, 15) is 4.79 Å². The number of nitrogens with one attached hydrogen (secondary N) is 1. The number of amides is 1. The molecule has 2 heterocycles. The van der Waals surface area contributed by atoms with Gasteiger partial charge in [-0.1, -0.05) is 18.2 Å². The lowest BCUT2D eigenvalue weighted by Gasteiger charge is -2.04. The van der Waals surface area contributed by atoms with Crippen LogP contribution in [0.1, 0.15) is 16.1 Å². The van der Waals surface area contributed by atoms with Crippen LogP contribution in [0.4, 0.5) is 5.69 Å². The number of nitrogens with zero attached hydrogens (tertiary/aromatic N) is 1. The first-order chi connectivity index (χ1) is 14.6. The summed E-state index contributed by atoms with van der Waals surface area (Å²) in [6.07, 6.45) is 0. The van der Waals surface area contributed by atoms with E-state index in [1.165, 1.54) is 10.3 Å². The number of carbonyl (C=O) groups is 1. The number of anilines is 1. The minimum Gasteiger partial charge on any atom is -0.493 e. The van der Waals surface area contributed by atoms with Gasteiger partial charge >= 0.3 is 0 Å². The number of methoxy groups -OCH3 is 1. The summed E-state index contributed by atoms with van der Waals surface area (Å²) in [6.45, 7) is 2.08. The maximum Gasteiger partial charge on any atom is 0.291 e. The van der Waals surface area contributed by atoms with Crippen molar-refractivity contribution in [3.8, 4) is 16.3 Å². The van der Waals surface area contributed by atoms with Gasteiger partial charge in [0.2, 0.25) is 0 Å². The van der Waals surface area contributed by atoms with Gasteiger partial charge in [0.15, 0.2) is 17.1 Å². The van der Waals surface area contributed by atoms with Crippen molar-refractivity contribution in [2.45, 2.75) is 6.92 Å². The number of ether oxygens (including phenoxy) is 1. The second-order valence-electron chi connectivity index (χ2n) is 7.01. The van der Waals surface area contributed by atoms with E-state index in [-0.39, 0.29) is 11.7 Å². The third-order valence-electron chi connectivity index (χ3n) is 4.89. The average molecular weight is 414 g/mol. The van der Waals surface area contributed by atoms with Gasteiger partial charge in [-0.2, -0.15) is 0 Å². The summed E-state index contributed by atoms with van der Waals surface area (Å²) in [5.74, 6) is 0.526. The number of benzene rings is 3. The molecule has 0 bridgehead atoms. The molecule has 5 rings (SSSR count). The van der Waals surface area contributed by atoms with Crippen LogP contribution in [0.5, 0.6) is 5.75 Å². The van der Waals surface area contributed by atoms with Gasteiger partial charge in [-0.15, -0.1) is 11.3 Å². The second kappa shape index (κ2) is 7.31. The van der Waals surface area contributed by atoms with Crippen molar-refractivity contribution in [2.24, 2.45) is 0 Å². The van der Waals surface area contributed by atoms with E-state index in [1.54, 1.807) is 30.6 Å². The van der Waals surface area contributed by atoms with E-state index in [0.29, 0.717) is 17.0 Å². The van der Waals surface area contributed by atoms with Gasteiger partial charge in [0.05, 0.1) is 17.3 Å². The minimum atomic E-state index is -0.309. The first-order valence-electron chi connectivity index (χ1n) is 9.46. The maximum absolute atomic E-state index is 12.6. The third-order valence-corrected chi connectivity index (χ3v) is 5.95. The summed E-state index contributed by atoms with van der Waals surface area (Å²) < 4.78 is 12.2. The van der Waals surface area contributed by atoms with Gasteiger partial charge in [0.25, 0.3) is 5.91 Å². The summed E-state index contributed by atoms with van der Waals surface area (Å²) in [4.78, 5) is 17.3. The summed E-state index contributed by atoms with van der Waals surface area (Å²) in [5, 5.41) is 4.66. The number of aromatic nitrogens is 1. The fourth-order valence-electron chi connectivity index (χ4n) is 3.35. The van der Waals surface area contributed by atoms with Crippen LogP contribution in [0.3, 0.4) is 0 Å². The summed E-state index contributed by atoms with van der Waals surface area (Å²) >= 11 is 1.66. The summed E-state index contributed by atoms with van der Waals surface area (Å²) in [7, 11) is 1.57. The van der Waals surface area contributed by atoms with Crippen molar-refractivity contribution in [3.63, 3.8) is 0 Å². The molecular weight excluding hydrogens is 396 g/mol. The quantitative estimate of drug-likeness (QED) is 0.376. The normalized spacial score (nSPS) is 11.1. The molecule has 3 aromatic carbocycles. The van der Waals surface area contributed by atoms with E-state index < -0.39 is 0 Å². The number of hydrogen-bond donors (Lipinski definition) is 1. The van der Waals surface area contributed by atoms with E-state index in [1.807, 2.05) is 42.5 Å². The van der Waals surface area contributed by atoms with E-state index in [4.69, 9.17) is 14.1 Å². The largest absolute Gasteiger partial charge is 0.493 e. The highest BCUT2D eigenvalue weighted by molar-refractivity contribution is 7.21. The Bertz CT molecular complexity index is 1380. The van der Waals surface area contributed by atoms with Crippen LogP contribution in [0.15, 0.2) is 71.1 Å². The highest BCUT2D eigenvalue weighted by Crippen LogP contribution is 2.32. The smallest absolute Gasteiger partial charge is 0.291 e. The molecular formula is C24H18N2O3S. The fourth-order valence-corrected chi connectivity index (χ4v) is 4.42. The van der Waals surface area contributed by atoms with E-state index in [2.05, 4.69) is 24.4 Å². The van der Waals surface area contributed by atoms with Gasteiger partial charge < -0.3 is 14.5 Å². The summed E-state index contributed by atoms with van der Waals surface area (Å²) in [6, 6.07) is 21.2. The number of rotatable bonds is 4. The number of hydrogen-bond acceptors (Lipinski definition) is 5. The van der Waals surface area contributed by atoms with Crippen molar-refractivity contribution in [2.75, 3.05) is 12.4 Å². The predicted molar refractivity (Wildman–Crippen MR) is 121 cm³/mol. The van der Waals surface area contributed by atoms with Crippen molar-refractivity contribution < 1.29 is 13.9 Å². The molecule has 0 saturated heterocycles. The number of para-hydroxylation sites is 1. The van der Waals surface area contributed by atoms with Gasteiger partial charge in [0, 0.05) is 16.6 Å². The molecule has 1 amide bonds. The molecule has 30 heavy (non-hydrogen) atoms. The van der Waals surface area contributed by atoms with Crippen LogP contribution < -0.4 is 10.1 Å². The molecule has 0 atom stereocenters. The van der Waals surface area contributed by atoms with Crippen LogP contribution in [-0.4, -0.2) is 18.0 Å². The number of furan rings is 1. The van der Waals surface area contributed by atoms with Gasteiger partial charge in [-0.05, 0) is 61.0 Å². The Balaban J connectivity index is 1.37. The van der Waals surface area contributed by atoms with Crippen LogP contribution >= 0.6 is 11.3 Å². The molecule has 0 spiro atoms. The predicted octanol–water partition coefficient (Wildman–Crippen LogP) is 6.28. The highest BCUT2D eigenvalue weighted by atomic mass is 32.1. The van der Waals surface area contributed by atoms with Crippen molar-refractivity contribution in [1.82, 2.24) is 4.98 Å². The lowest BCUT2D eigenvalue weighted by Crippen LogP contribution is -2.10. The molecule has 148 valence electrons. The lowest BCUT2D eigenvalue weighted by atomic mass is 10.2. The first-order valence-corrected chi connectivity index (χ1v) is 10.3. The van der Waals surface area contributed by atoms with E-state index in [0.717, 1.165) is 21.5 Å². The van der Waals surface area contributed by atoms with Gasteiger partial charge in [0.1, 0.15) is 5.01 Å². The van der Waals surface area contributed by atoms with Gasteiger partial charge in [-0.3, -0.25) is 4.79 Å². The molecule has 0 saturated carbocycles. The SMILES string of the molecule is COc1cccc2cc(C(=O)Nc3ccc(-c4nc5ccc(C)cc5s4)cc3)oc12. The molecule has 0 aliphatic heterocycles. The number of fused-ring (bicyclic) bond motifs is 2. The topological polar surface area (TPSA) is 64.4 Å². The molecule has 0 unspecified atom stereocenters. The molecule has 0 radical (unpaired) electrons. The highest BCUT2D eigenvalue weighted by Gasteiger charge is 2.15. The Kier molecular flexibility index (Phi) is 4.48. The molecule has 0 fully saturated rings. The Morgan fingerprint density at radius 2 is 1.90 bits per heavy atom. The molecule has 5 nitrogen and oxygen atoms in total. The maximum atomic E-state index is 12.6. The molecule has 0 aliphatic carbocycles. The molecule has 1 N–H and O–H groups in total. The standard InChI is InChI=1S/C24H18N2O3S/c1-14-6-11-18-21(12-14)30-24(26-18)15-7-9-17(10-8-15)25-23(27)20-13-16-4-3-5-19(28-2)22(16)29-20/h3-13H,1-2H3,(H,25,27). The van der Waals surface area contributed by atoms with Crippen molar-refractivity contribution in [1.29, 1.82) is 0 Å². The Morgan fingerprint density at radius 1 is 1.07 bits per heavy atom. The number of thiazole rings is 1. The Labute approximate surface area is 176 Å². The van der Waals surface area contributed by atoms with Crippen LogP contribution in [0.2, 0.25) is 0 Å². The zero-order valence-electron chi connectivity index (χ0n) is 16.4. The van der Waals surface area contributed by atoms with E-state index >= 15 is 0 Å². The molecule has 5 aromatic rings. The summed E-state index contributed by atoms with van der Waals surface area (Å²) in [5.41, 5.74) is 4.48. The number of aryl methyl sites for hydroxylation is 1. The monoisotopic (exact) mass is 414 g/mol. The zero-order chi connectivity index (χ0) is 20.7. The van der Waals surface area contributed by atoms with Crippen molar-refractivity contribution >= 4 is 44.1 Å². The Morgan fingerprint density at radius 3 is 2.70 bits per heavy atom. The zero-order valence-corrected chi connectivity index (χ0v) is 17.2. The van der Waals surface area contributed by atoms with Crippen LogP contribution in [-0.2, 0) is 0 Å². The first kappa shape index (κ1) is 18.4. The molecule has 2 aromatic heterocycles. The Hall–Kier alpha value is -3.64. The van der Waals surface area contributed by atoms with Crippen molar-refractivity contribution in [3.05, 3.63) is 78.1 Å². The van der Waals surface area contributed by atoms with Crippen LogP contribution in [0, 0.1) is 6.92 Å². The van der Waals surface area contributed by atoms with Crippen LogP contribution in [0.25, 0.3) is 31.8 Å². The van der Waals surface area contributed by atoms with Gasteiger partial charge in [-0.25, -0.2) is 4.98 Å². The average Bonchev–Trinajstić information content (AvgIpc) is 3.38. The molecule has 6 heteroatoms.